The molecule has 1 saturated heterocycles. The van der Waals surface area contributed by atoms with Gasteiger partial charge in [-0.3, -0.25) is 0 Å². The molecule has 0 aromatic carbocycles. The number of aromatic nitrogens is 4. The number of nitrogens with zero attached hydrogens (tertiary/aromatic N) is 4. The molecule has 1 aliphatic rings. The maximum atomic E-state index is 4.11. The van der Waals surface area contributed by atoms with Crippen molar-refractivity contribution in [2.75, 3.05) is 13.1 Å². The number of hydrogen-bond acceptors (Lipinski definition) is 4. The summed E-state index contributed by atoms with van der Waals surface area (Å²) in [6, 6.07) is 0.353. The van der Waals surface area contributed by atoms with Crippen LogP contribution in [0.4, 0.5) is 0 Å². The van der Waals surface area contributed by atoms with Crippen LogP contribution in [0.1, 0.15) is 38.6 Å². The molecule has 5 nitrogen and oxygen atoms in total. The van der Waals surface area contributed by atoms with Crippen molar-refractivity contribution in [3.05, 3.63) is 5.82 Å². The zero-order valence-corrected chi connectivity index (χ0v) is 9.48. The third kappa shape index (κ3) is 2.53. The molecule has 84 valence electrons. The average molecular weight is 209 g/mol. The number of rotatable bonds is 3. The van der Waals surface area contributed by atoms with E-state index in [9.17, 15) is 0 Å². The van der Waals surface area contributed by atoms with Crippen molar-refractivity contribution in [3.63, 3.8) is 0 Å². The number of piperidine rings is 1. The molecule has 2 rings (SSSR count). The second kappa shape index (κ2) is 4.70. The summed E-state index contributed by atoms with van der Waals surface area (Å²) >= 11 is 0. The van der Waals surface area contributed by atoms with Gasteiger partial charge in [0, 0.05) is 6.42 Å². The summed E-state index contributed by atoms with van der Waals surface area (Å²) in [5.74, 6) is 1.72. The lowest BCUT2D eigenvalue weighted by molar-refractivity contribution is 0.359. The van der Waals surface area contributed by atoms with Crippen molar-refractivity contribution in [1.29, 1.82) is 0 Å². The van der Waals surface area contributed by atoms with E-state index in [1.807, 2.05) is 4.68 Å². The van der Waals surface area contributed by atoms with Gasteiger partial charge in [0.25, 0.3) is 0 Å². The van der Waals surface area contributed by atoms with Crippen LogP contribution in [-0.4, -0.2) is 33.3 Å². The fraction of sp³-hybridized carbons (Fsp3) is 0.900. The highest BCUT2D eigenvalue weighted by atomic mass is 15.5. The molecule has 0 bridgehead atoms. The Morgan fingerprint density at radius 3 is 3.07 bits per heavy atom. The summed E-state index contributed by atoms with van der Waals surface area (Å²) in [6.45, 7) is 6.48. The molecule has 2 heterocycles. The summed E-state index contributed by atoms with van der Waals surface area (Å²) in [7, 11) is 0. The quantitative estimate of drug-likeness (QED) is 0.800. The molecule has 0 radical (unpaired) electrons. The summed E-state index contributed by atoms with van der Waals surface area (Å²) < 4.78 is 1.93. The van der Waals surface area contributed by atoms with Crippen LogP contribution < -0.4 is 5.32 Å². The molecule has 15 heavy (non-hydrogen) atoms. The Kier molecular flexibility index (Phi) is 3.30. The van der Waals surface area contributed by atoms with Crippen molar-refractivity contribution in [3.8, 4) is 0 Å². The first-order valence-corrected chi connectivity index (χ1v) is 5.75. The molecule has 1 atom stereocenters. The number of hydrogen-bond donors (Lipinski definition) is 1. The van der Waals surface area contributed by atoms with Gasteiger partial charge in [0.15, 0.2) is 5.82 Å². The van der Waals surface area contributed by atoms with Crippen LogP contribution in [0, 0.1) is 5.92 Å². The van der Waals surface area contributed by atoms with E-state index in [4.69, 9.17) is 0 Å². The molecule has 5 heteroatoms. The van der Waals surface area contributed by atoms with Crippen LogP contribution >= 0.6 is 0 Å². The van der Waals surface area contributed by atoms with Gasteiger partial charge in [-0.1, -0.05) is 0 Å². The van der Waals surface area contributed by atoms with E-state index in [0.717, 1.165) is 25.3 Å². The van der Waals surface area contributed by atoms with E-state index >= 15 is 0 Å². The van der Waals surface area contributed by atoms with E-state index in [0.29, 0.717) is 12.0 Å². The summed E-state index contributed by atoms with van der Waals surface area (Å²) in [5.41, 5.74) is 0. The van der Waals surface area contributed by atoms with Gasteiger partial charge < -0.3 is 5.32 Å². The molecular weight excluding hydrogens is 190 g/mol. The van der Waals surface area contributed by atoms with E-state index in [-0.39, 0.29) is 0 Å². The third-order valence-corrected chi connectivity index (χ3v) is 2.92. The monoisotopic (exact) mass is 209 g/mol. The Morgan fingerprint density at radius 2 is 2.40 bits per heavy atom. The predicted molar refractivity (Wildman–Crippen MR) is 57.5 cm³/mol. The Labute approximate surface area is 90.2 Å². The Bertz CT molecular complexity index is 301. The maximum absolute atomic E-state index is 4.11. The fourth-order valence-corrected chi connectivity index (χ4v) is 2.10. The highest BCUT2D eigenvalue weighted by Gasteiger charge is 2.18. The van der Waals surface area contributed by atoms with Crippen LogP contribution in [0.25, 0.3) is 0 Å². The minimum absolute atomic E-state index is 0.353. The first-order chi connectivity index (χ1) is 7.27. The van der Waals surface area contributed by atoms with Crippen molar-refractivity contribution < 1.29 is 0 Å². The van der Waals surface area contributed by atoms with Gasteiger partial charge in [-0.2, -0.15) is 0 Å². The average Bonchev–Trinajstić information content (AvgIpc) is 2.67. The van der Waals surface area contributed by atoms with E-state index in [2.05, 4.69) is 34.7 Å². The van der Waals surface area contributed by atoms with Gasteiger partial charge in [0.1, 0.15) is 0 Å². The van der Waals surface area contributed by atoms with Gasteiger partial charge in [-0.05, 0) is 56.1 Å². The van der Waals surface area contributed by atoms with E-state index in [1.54, 1.807) is 0 Å². The van der Waals surface area contributed by atoms with Crippen LogP contribution in [0.15, 0.2) is 0 Å². The van der Waals surface area contributed by atoms with Gasteiger partial charge in [0.2, 0.25) is 0 Å². The predicted octanol–water partition coefficient (Wildman–Crippen LogP) is 0.796. The summed E-state index contributed by atoms with van der Waals surface area (Å²) in [6.07, 6.45) is 3.56. The fourth-order valence-electron chi connectivity index (χ4n) is 2.10. The second-order valence-electron chi connectivity index (χ2n) is 4.55. The summed E-state index contributed by atoms with van der Waals surface area (Å²) in [4.78, 5) is 0. The molecule has 1 aliphatic heterocycles. The van der Waals surface area contributed by atoms with Gasteiger partial charge in [-0.25, -0.2) is 4.68 Å². The molecule has 0 amide bonds. The maximum Gasteiger partial charge on any atom is 0.151 e. The number of nitrogens with one attached hydrogen (secondary N) is 1. The minimum Gasteiger partial charge on any atom is -0.316 e. The molecule has 0 aliphatic carbocycles. The topological polar surface area (TPSA) is 55.6 Å². The van der Waals surface area contributed by atoms with Crippen LogP contribution in [0.2, 0.25) is 0 Å². The standard InChI is InChI=1S/C10H19N5/c1-8(2)15-10(12-13-14-15)6-9-4-3-5-11-7-9/h8-9,11H,3-7H2,1-2H3. The molecule has 1 aromatic heterocycles. The highest BCUT2D eigenvalue weighted by molar-refractivity contribution is 4.87. The molecule has 1 unspecified atom stereocenters. The smallest absolute Gasteiger partial charge is 0.151 e. The largest absolute Gasteiger partial charge is 0.316 e. The molecular formula is C10H19N5. The SMILES string of the molecule is CC(C)n1nnnc1CC1CCCNC1. The molecule has 1 N–H and O–H groups in total. The lowest BCUT2D eigenvalue weighted by Gasteiger charge is -2.22. The lowest BCUT2D eigenvalue weighted by atomic mass is 9.96. The molecule has 0 spiro atoms. The van der Waals surface area contributed by atoms with Gasteiger partial charge in [-0.15, -0.1) is 5.10 Å². The van der Waals surface area contributed by atoms with E-state index in [1.165, 1.54) is 12.8 Å². The van der Waals surface area contributed by atoms with Crippen molar-refractivity contribution >= 4 is 0 Å². The first kappa shape index (κ1) is 10.5. The second-order valence-corrected chi connectivity index (χ2v) is 4.55. The molecule has 1 fully saturated rings. The van der Waals surface area contributed by atoms with Crippen LogP contribution in [0.3, 0.4) is 0 Å². The van der Waals surface area contributed by atoms with Gasteiger partial charge >= 0.3 is 0 Å². The number of tetrazole rings is 1. The Morgan fingerprint density at radius 1 is 1.53 bits per heavy atom. The molecule has 0 saturated carbocycles. The van der Waals surface area contributed by atoms with Crippen molar-refractivity contribution in [1.82, 2.24) is 25.5 Å². The third-order valence-electron chi connectivity index (χ3n) is 2.92. The van der Waals surface area contributed by atoms with Gasteiger partial charge in [0.05, 0.1) is 6.04 Å². The minimum atomic E-state index is 0.353. The first-order valence-electron chi connectivity index (χ1n) is 5.75. The zero-order chi connectivity index (χ0) is 10.7. The Hall–Kier alpha value is -0.970. The van der Waals surface area contributed by atoms with Crippen molar-refractivity contribution in [2.45, 2.75) is 39.2 Å². The summed E-state index contributed by atoms with van der Waals surface area (Å²) in [5, 5.41) is 15.3. The molecule has 1 aromatic rings. The van der Waals surface area contributed by atoms with E-state index < -0.39 is 0 Å². The lowest BCUT2D eigenvalue weighted by Crippen LogP contribution is -2.31. The van der Waals surface area contributed by atoms with Crippen molar-refractivity contribution in [2.24, 2.45) is 5.92 Å². The highest BCUT2D eigenvalue weighted by Crippen LogP contribution is 2.16. The zero-order valence-electron chi connectivity index (χ0n) is 9.48. The van der Waals surface area contributed by atoms with Crippen LogP contribution in [0.5, 0.6) is 0 Å². The Balaban J connectivity index is 1.99. The van der Waals surface area contributed by atoms with Crippen LogP contribution in [-0.2, 0) is 6.42 Å². The normalized spacial score (nSPS) is 22.2.